The topological polar surface area (TPSA) is 3.24 Å². The third-order valence-corrected chi connectivity index (χ3v) is 14.1. The van der Waals surface area contributed by atoms with Gasteiger partial charge in [0.25, 0.3) is 0 Å². The lowest BCUT2D eigenvalue weighted by molar-refractivity contribution is -0.0399. The van der Waals surface area contributed by atoms with Crippen molar-refractivity contribution >= 4 is 17.1 Å². The van der Waals surface area contributed by atoms with Crippen LogP contribution in [0.5, 0.6) is 0 Å². The summed E-state index contributed by atoms with van der Waals surface area (Å²) in [5.41, 5.74) is 16.0. The van der Waals surface area contributed by atoms with Gasteiger partial charge in [-0.15, -0.1) is 0 Å². The van der Waals surface area contributed by atoms with Crippen molar-refractivity contribution in [2.24, 2.45) is 23.7 Å². The van der Waals surface area contributed by atoms with Crippen LogP contribution in [-0.2, 0) is 16.2 Å². The van der Waals surface area contributed by atoms with Crippen LogP contribution in [0.4, 0.5) is 17.1 Å². The number of fused-ring (bicyclic) bond motifs is 4. The molecular weight excluding hydrogens is 591 g/mol. The zero-order valence-corrected chi connectivity index (χ0v) is 29.7. The molecule has 49 heavy (non-hydrogen) atoms. The summed E-state index contributed by atoms with van der Waals surface area (Å²) in [4.78, 5) is 2.70. The normalized spacial score (nSPS) is 27.8. The van der Waals surface area contributed by atoms with Gasteiger partial charge in [0, 0.05) is 16.5 Å². The van der Waals surface area contributed by atoms with Crippen molar-refractivity contribution in [1.82, 2.24) is 0 Å². The van der Waals surface area contributed by atoms with E-state index < -0.39 is 0 Å². The molecule has 0 amide bonds. The fraction of sp³-hybridized carbons (Fsp3) is 0.375. The first-order valence-corrected chi connectivity index (χ1v) is 19.1. The third-order valence-electron chi connectivity index (χ3n) is 14.1. The highest BCUT2D eigenvalue weighted by atomic mass is 15.2. The van der Waals surface area contributed by atoms with Crippen LogP contribution >= 0.6 is 0 Å². The van der Waals surface area contributed by atoms with Gasteiger partial charge in [0.05, 0.1) is 17.1 Å². The lowest BCUT2D eigenvalue weighted by Crippen LogP contribution is -2.55. The van der Waals surface area contributed by atoms with E-state index in [1.165, 1.54) is 95.4 Å². The molecule has 4 saturated carbocycles. The number of hydrogen-bond acceptors (Lipinski definition) is 1. The molecule has 246 valence electrons. The van der Waals surface area contributed by atoms with Gasteiger partial charge in [0.15, 0.2) is 0 Å². The Bertz CT molecular complexity index is 2070. The van der Waals surface area contributed by atoms with Gasteiger partial charge in [-0.2, -0.15) is 0 Å². The van der Waals surface area contributed by atoms with Crippen molar-refractivity contribution in [2.45, 2.75) is 88.9 Å². The molecule has 6 aliphatic rings. The van der Waals surface area contributed by atoms with Crippen molar-refractivity contribution in [3.63, 3.8) is 0 Å². The quantitative estimate of drug-likeness (QED) is 0.189. The standard InChI is InChI=1S/C48H49N/c1-46(2)24-25-47(3,4)45-40(46)20-13-23-43(45)49(41-21-11-9-16-36(41)33-14-6-5-7-15-33)42-22-12-19-39-44(42)37-17-8-10-18-38(37)48(39)34-27-31-26-32(29-34)30-35(48)28-31/h5-23,31-32,34-35H,24-30H2,1-4H3. The molecule has 0 unspecified atom stereocenters. The Labute approximate surface area is 293 Å². The summed E-state index contributed by atoms with van der Waals surface area (Å²) in [5.74, 6) is 3.36. The third kappa shape index (κ3) is 4.11. The molecule has 11 rings (SSSR count). The summed E-state index contributed by atoms with van der Waals surface area (Å²) in [6, 6.07) is 44.4. The molecule has 0 heterocycles. The van der Waals surface area contributed by atoms with Crippen molar-refractivity contribution in [3.8, 4) is 22.3 Å². The predicted octanol–water partition coefficient (Wildman–Crippen LogP) is 12.9. The molecule has 4 fully saturated rings. The minimum Gasteiger partial charge on any atom is -0.309 e. The Morgan fingerprint density at radius 2 is 1.02 bits per heavy atom. The maximum absolute atomic E-state index is 2.70. The van der Waals surface area contributed by atoms with Gasteiger partial charge in [0.2, 0.25) is 0 Å². The minimum atomic E-state index is 0.0554. The average molecular weight is 640 g/mol. The van der Waals surface area contributed by atoms with Gasteiger partial charge in [-0.05, 0) is 131 Å². The first kappa shape index (κ1) is 29.8. The smallest absolute Gasteiger partial charge is 0.0543 e. The highest BCUT2D eigenvalue weighted by molar-refractivity contribution is 5.98. The van der Waals surface area contributed by atoms with Crippen molar-refractivity contribution in [3.05, 3.63) is 138 Å². The Kier molecular flexibility index (Phi) is 6.36. The van der Waals surface area contributed by atoms with E-state index in [2.05, 4.69) is 148 Å². The molecule has 0 saturated heterocycles. The Hall–Kier alpha value is -4.10. The van der Waals surface area contributed by atoms with Crippen LogP contribution in [0.1, 0.15) is 94.9 Å². The molecule has 0 radical (unpaired) electrons. The number of rotatable bonds is 4. The molecule has 1 nitrogen and oxygen atoms in total. The largest absolute Gasteiger partial charge is 0.309 e. The average Bonchev–Trinajstić information content (AvgIpc) is 3.41. The molecule has 1 heteroatoms. The highest BCUT2D eigenvalue weighted by Crippen LogP contribution is 2.70. The van der Waals surface area contributed by atoms with E-state index in [4.69, 9.17) is 0 Å². The van der Waals surface area contributed by atoms with Crippen LogP contribution in [0.25, 0.3) is 22.3 Å². The second-order valence-corrected chi connectivity index (χ2v) is 17.6. The summed E-state index contributed by atoms with van der Waals surface area (Å²) < 4.78 is 0. The zero-order valence-electron chi connectivity index (χ0n) is 29.7. The second kappa shape index (κ2) is 10.5. The number of benzene rings is 5. The lowest BCUT2D eigenvalue weighted by Gasteiger charge is -2.61. The van der Waals surface area contributed by atoms with E-state index in [-0.39, 0.29) is 16.2 Å². The number of nitrogens with zero attached hydrogens (tertiary/aromatic N) is 1. The van der Waals surface area contributed by atoms with Gasteiger partial charge in [-0.25, -0.2) is 0 Å². The van der Waals surface area contributed by atoms with Crippen LogP contribution in [0.2, 0.25) is 0 Å². The fourth-order valence-corrected chi connectivity index (χ4v) is 12.2. The van der Waals surface area contributed by atoms with E-state index >= 15 is 0 Å². The minimum absolute atomic E-state index is 0.0554. The van der Waals surface area contributed by atoms with E-state index in [1.807, 2.05) is 0 Å². The SMILES string of the molecule is CC1(C)CCC(C)(C)c2c(N(c3ccccc3-c3ccccc3)c3cccc4c3-c3ccccc3C43C4CC5CC(C4)CC3C5)cccc21. The van der Waals surface area contributed by atoms with Crippen molar-refractivity contribution in [2.75, 3.05) is 4.90 Å². The first-order chi connectivity index (χ1) is 23.8. The molecule has 4 bridgehead atoms. The number of hydrogen-bond donors (Lipinski definition) is 0. The number of anilines is 3. The molecule has 5 aromatic rings. The summed E-state index contributed by atoms with van der Waals surface area (Å²) >= 11 is 0. The van der Waals surface area contributed by atoms with E-state index in [0.29, 0.717) is 0 Å². The Morgan fingerprint density at radius 3 is 1.76 bits per heavy atom. The van der Waals surface area contributed by atoms with E-state index in [0.717, 1.165) is 23.7 Å². The summed E-state index contributed by atoms with van der Waals surface area (Å²) in [5, 5.41) is 0. The van der Waals surface area contributed by atoms with Crippen molar-refractivity contribution < 1.29 is 0 Å². The molecule has 1 spiro atoms. The molecule has 0 aromatic heterocycles. The van der Waals surface area contributed by atoms with Crippen LogP contribution < -0.4 is 4.90 Å². The summed E-state index contributed by atoms with van der Waals surface area (Å²) in [7, 11) is 0. The second-order valence-electron chi connectivity index (χ2n) is 17.6. The maximum Gasteiger partial charge on any atom is 0.0543 e. The number of para-hydroxylation sites is 1. The molecule has 0 N–H and O–H groups in total. The van der Waals surface area contributed by atoms with E-state index in [9.17, 15) is 0 Å². The zero-order chi connectivity index (χ0) is 33.1. The van der Waals surface area contributed by atoms with Crippen molar-refractivity contribution in [1.29, 1.82) is 0 Å². The van der Waals surface area contributed by atoms with Crippen LogP contribution in [0.15, 0.2) is 115 Å². The molecule has 6 aliphatic carbocycles. The van der Waals surface area contributed by atoms with Crippen LogP contribution in [0.3, 0.4) is 0 Å². The predicted molar refractivity (Wildman–Crippen MR) is 205 cm³/mol. The van der Waals surface area contributed by atoms with Gasteiger partial charge in [-0.3, -0.25) is 0 Å². The molecule has 5 aromatic carbocycles. The van der Waals surface area contributed by atoms with E-state index in [1.54, 1.807) is 11.1 Å². The van der Waals surface area contributed by atoms with Gasteiger partial charge in [-0.1, -0.05) is 125 Å². The summed E-state index contributed by atoms with van der Waals surface area (Å²) in [6.45, 7) is 9.89. The summed E-state index contributed by atoms with van der Waals surface area (Å²) in [6.07, 6.45) is 9.48. The Morgan fingerprint density at radius 1 is 0.469 bits per heavy atom. The molecular formula is C48H49N. The lowest BCUT2D eigenvalue weighted by atomic mass is 9.43. The maximum atomic E-state index is 2.70. The van der Waals surface area contributed by atoms with Gasteiger partial charge >= 0.3 is 0 Å². The first-order valence-electron chi connectivity index (χ1n) is 19.1. The monoisotopic (exact) mass is 639 g/mol. The fourth-order valence-electron chi connectivity index (χ4n) is 12.2. The van der Waals surface area contributed by atoms with Crippen LogP contribution in [0, 0.1) is 23.7 Å². The molecule has 0 atom stereocenters. The van der Waals surface area contributed by atoms with Gasteiger partial charge < -0.3 is 4.90 Å². The van der Waals surface area contributed by atoms with Gasteiger partial charge in [0.1, 0.15) is 0 Å². The molecule has 0 aliphatic heterocycles. The Balaban J connectivity index is 1.29. The highest BCUT2D eigenvalue weighted by Gasteiger charge is 2.62. The van der Waals surface area contributed by atoms with Crippen LogP contribution in [-0.4, -0.2) is 0 Å².